The van der Waals surface area contributed by atoms with Gasteiger partial charge < -0.3 is 4.74 Å². The van der Waals surface area contributed by atoms with Crippen LogP contribution in [0.4, 0.5) is 0 Å². The smallest absolute Gasteiger partial charge is 0.318 e. The van der Waals surface area contributed by atoms with Gasteiger partial charge >= 0.3 is 5.97 Å². The predicted molar refractivity (Wildman–Crippen MR) is 63.5 cm³/mol. The van der Waals surface area contributed by atoms with E-state index in [1.807, 2.05) is 19.9 Å². The Morgan fingerprint density at radius 1 is 1.47 bits per heavy atom. The molecule has 0 saturated heterocycles. The average molecular weight is 234 g/mol. The molecule has 17 heavy (non-hydrogen) atoms. The largest absolute Gasteiger partial charge is 0.465 e. The fourth-order valence-electron chi connectivity index (χ4n) is 2.54. The molecule has 0 radical (unpaired) electrons. The fourth-order valence-corrected chi connectivity index (χ4v) is 2.54. The number of carbonyl (C=O) groups excluding carboxylic acids is 1. The fraction of sp³-hybridized carbons (Fsp3) is 0.615. The molecule has 1 aliphatic carbocycles. The molecular formula is C13H18N2O2. The number of esters is 1. The molecule has 1 heterocycles. The number of aryl methyl sites for hydroxylation is 1. The molecule has 1 aromatic rings. The van der Waals surface area contributed by atoms with Gasteiger partial charge in [-0.3, -0.25) is 4.79 Å². The van der Waals surface area contributed by atoms with Gasteiger partial charge in [-0.2, -0.15) is 0 Å². The summed E-state index contributed by atoms with van der Waals surface area (Å²) in [6.07, 6.45) is 5.51. The highest BCUT2D eigenvalue weighted by Crippen LogP contribution is 2.41. The van der Waals surface area contributed by atoms with Crippen molar-refractivity contribution in [3.05, 3.63) is 23.8 Å². The van der Waals surface area contributed by atoms with Gasteiger partial charge in [-0.05, 0) is 32.8 Å². The van der Waals surface area contributed by atoms with E-state index in [1.165, 1.54) is 0 Å². The number of carbonyl (C=O) groups is 1. The van der Waals surface area contributed by atoms with E-state index in [2.05, 4.69) is 9.97 Å². The highest BCUT2D eigenvalue weighted by atomic mass is 16.5. The molecule has 0 spiro atoms. The van der Waals surface area contributed by atoms with Crippen LogP contribution in [0.3, 0.4) is 0 Å². The first kappa shape index (κ1) is 12.0. The van der Waals surface area contributed by atoms with Crippen molar-refractivity contribution in [2.45, 2.75) is 44.9 Å². The van der Waals surface area contributed by atoms with Crippen molar-refractivity contribution < 1.29 is 9.53 Å². The maximum atomic E-state index is 12.2. The van der Waals surface area contributed by atoms with Crippen LogP contribution in [0.1, 0.15) is 44.1 Å². The van der Waals surface area contributed by atoms with Crippen molar-refractivity contribution in [3.63, 3.8) is 0 Å². The summed E-state index contributed by atoms with van der Waals surface area (Å²) >= 11 is 0. The summed E-state index contributed by atoms with van der Waals surface area (Å²) in [5.74, 6) is 0.577. The Kier molecular flexibility index (Phi) is 3.41. The van der Waals surface area contributed by atoms with Crippen molar-refractivity contribution >= 4 is 5.97 Å². The van der Waals surface area contributed by atoms with Gasteiger partial charge in [0.15, 0.2) is 0 Å². The van der Waals surface area contributed by atoms with Crippen LogP contribution in [0.15, 0.2) is 12.3 Å². The summed E-state index contributed by atoms with van der Waals surface area (Å²) in [5.41, 5.74) is 0.296. The molecule has 0 N–H and O–H groups in total. The number of rotatable bonds is 3. The molecule has 1 saturated carbocycles. The lowest BCUT2D eigenvalue weighted by Gasteiger charge is -2.25. The Balaban J connectivity index is 2.37. The van der Waals surface area contributed by atoms with Crippen molar-refractivity contribution in [3.8, 4) is 0 Å². The number of hydrogen-bond donors (Lipinski definition) is 0. The highest BCUT2D eigenvalue weighted by Gasteiger charge is 2.45. The van der Waals surface area contributed by atoms with Gasteiger partial charge in [-0.25, -0.2) is 9.97 Å². The Morgan fingerprint density at radius 3 is 2.76 bits per heavy atom. The van der Waals surface area contributed by atoms with Crippen LogP contribution in [-0.4, -0.2) is 22.5 Å². The minimum Gasteiger partial charge on any atom is -0.465 e. The molecule has 92 valence electrons. The Morgan fingerprint density at radius 2 is 2.18 bits per heavy atom. The Hall–Kier alpha value is -1.45. The second-order valence-corrected chi connectivity index (χ2v) is 4.50. The van der Waals surface area contributed by atoms with E-state index >= 15 is 0 Å². The first-order valence-electron chi connectivity index (χ1n) is 6.16. The van der Waals surface area contributed by atoms with Crippen molar-refractivity contribution in [1.82, 2.24) is 9.97 Å². The van der Waals surface area contributed by atoms with Crippen molar-refractivity contribution in [2.24, 2.45) is 0 Å². The highest BCUT2D eigenvalue weighted by molar-refractivity contribution is 5.83. The van der Waals surface area contributed by atoms with E-state index in [4.69, 9.17) is 4.74 Å². The second kappa shape index (κ2) is 4.82. The lowest BCUT2D eigenvalue weighted by Crippen LogP contribution is -2.35. The number of aromatic nitrogens is 2. The van der Waals surface area contributed by atoms with Crippen LogP contribution >= 0.6 is 0 Å². The van der Waals surface area contributed by atoms with Gasteiger partial charge in [0, 0.05) is 6.20 Å². The molecule has 0 amide bonds. The van der Waals surface area contributed by atoms with E-state index in [-0.39, 0.29) is 5.97 Å². The number of hydrogen-bond acceptors (Lipinski definition) is 4. The summed E-state index contributed by atoms with van der Waals surface area (Å²) in [7, 11) is 0. The van der Waals surface area contributed by atoms with E-state index in [0.717, 1.165) is 31.4 Å². The third-order valence-corrected chi connectivity index (χ3v) is 3.39. The maximum absolute atomic E-state index is 12.2. The summed E-state index contributed by atoms with van der Waals surface area (Å²) < 4.78 is 5.22. The van der Waals surface area contributed by atoms with E-state index in [1.54, 1.807) is 6.20 Å². The second-order valence-electron chi connectivity index (χ2n) is 4.50. The van der Waals surface area contributed by atoms with Crippen LogP contribution in [0.2, 0.25) is 0 Å². The molecule has 0 bridgehead atoms. The number of nitrogens with zero attached hydrogens (tertiary/aromatic N) is 2. The summed E-state index contributed by atoms with van der Waals surface area (Å²) in [5, 5.41) is 0. The number of ether oxygens (including phenoxy) is 1. The topological polar surface area (TPSA) is 52.1 Å². The minimum atomic E-state index is -0.524. The van der Waals surface area contributed by atoms with Crippen LogP contribution in [0, 0.1) is 6.92 Å². The van der Waals surface area contributed by atoms with Gasteiger partial charge in [0.25, 0.3) is 0 Å². The van der Waals surface area contributed by atoms with Gasteiger partial charge in [0.2, 0.25) is 0 Å². The lowest BCUT2D eigenvalue weighted by molar-refractivity contribution is -0.150. The summed E-state index contributed by atoms with van der Waals surface area (Å²) in [4.78, 5) is 20.7. The van der Waals surface area contributed by atoms with Crippen molar-refractivity contribution in [1.29, 1.82) is 0 Å². The van der Waals surface area contributed by atoms with Gasteiger partial charge in [0.05, 0.1) is 12.3 Å². The third kappa shape index (κ3) is 2.16. The minimum absolute atomic E-state index is 0.129. The Labute approximate surface area is 101 Å². The quantitative estimate of drug-likeness (QED) is 0.752. The molecule has 0 atom stereocenters. The van der Waals surface area contributed by atoms with Crippen LogP contribution in [-0.2, 0) is 14.9 Å². The zero-order valence-corrected chi connectivity index (χ0v) is 10.4. The maximum Gasteiger partial charge on any atom is 0.318 e. The third-order valence-electron chi connectivity index (χ3n) is 3.39. The standard InChI is InChI=1S/C13H18N2O2/c1-3-17-12(16)13(7-4-5-8-13)11-6-9-14-10(2)15-11/h6,9H,3-5,7-8H2,1-2H3. The first-order chi connectivity index (χ1) is 8.19. The molecule has 1 fully saturated rings. The van der Waals surface area contributed by atoms with Crippen LogP contribution in [0.25, 0.3) is 0 Å². The molecule has 1 aromatic heterocycles. The van der Waals surface area contributed by atoms with Gasteiger partial charge in [-0.1, -0.05) is 12.8 Å². The summed E-state index contributed by atoms with van der Waals surface area (Å²) in [6, 6.07) is 1.84. The molecule has 0 unspecified atom stereocenters. The molecule has 4 nitrogen and oxygen atoms in total. The van der Waals surface area contributed by atoms with Gasteiger partial charge in [-0.15, -0.1) is 0 Å². The van der Waals surface area contributed by atoms with E-state index in [0.29, 0.717) is 12.4 Å². The zero-order chi connectivity index (χ0) is 12.3. The van der Waals surface area contributed by atoms with Crippen molar-refractivity contribution in [2.75, 3.05) is 6.61 Å². The normalized spacial score (nSPS) is 18.0. The molecule has 0 aliphatic heterocycles. The predicted octanol–water partition coefficient (Wildman–Crippen LogP) is 2.16. The van der Waals surface area contributed by atoms with Crippen LogP contribution < -0.4 is 0 Å². The molecule has 4 heteroatoms. The molecular weight excluding hydrogens is 216 g/mol. The summed E-state index contributed by atoms with van der Waals surface area (Å²) in [6.45, 7) is 4.10. The van der Waals surface area contributed by atoms with Gasteiger partial charge in [0.1, 0.15) is 11.2 Å². The monoisotopic (exact) mass is 234 g/mol. The SMILES string of the molecule is CCOC(=O)C1(c2ccnc(C)n2)CCCC1. The lowest BCUT2D eigenvalue weighted by atomic mass is 9.82. The molecule has 1 aliphatic rings. The zero-order valence-electron chi connectivity index (χ0n) is 10.4. The molecule has 0 aromatic carbocycles. The van der Waals surface area contributed by atoms with E-state index in [9.17, 15) is 4.79 Å². The Bertz CT molecular complexity index is 412. The average Bonchev–Trinajstić information content (AvgIpc) is 2.79. The first-order valence-corrected chi connectivity index (χ1v) is 6.16. The van der Waals surface area contributed by atoms with E-state index < -0.39 is 5.41 Å². The molecule has 2 rings (SSSR count). The van der Waals surface area contributed by atoms with Crippen LogP contribution in [0.5, 0.6) is 0 Å².